The molecule has 2 heterocycles. The fraction of sp³-hybridized carbons (Fsp3) is 0.667. The molecule has 1 saturated heterocycles. The first kappa shape index (κ1) is 14.9. The zero-order valence-corrected chi connectivity index (χ0v) is 13.2. The maximum absolute atomic E-state index is 9.68. The number of hydrogen-bond acceptors (Lipinski definition) is 3. The Morgan fingerprint density at radius 3 is 2.67 bits per heavy atom. The largest absolute Gasteiger partial charge is 0.393 e. The summed E-state index contributed by atoms with van der Waals surface area (Å²) in [7, 11) is 0. The second kappa shape index (κ2) is 6.80. The van der Waals surface area contributed by atoms with Crippen molar-refractivity contribution in [2.45, 2.75) is 38.7 Å². The quantitative estimate of drug-likeness (QED) is 0.922. The Labute approximate surface area is 128 Å². The fourth-order valence-electron chi connectivity index (χ4n) is 3.76. The molecule has 0 bridgehead atoms. The smallest absolute Gasteiger partial charge is 0.0541 e. The SMILES string of the molecule is CC(O)C1CCN(CCN2CCCc3ccccc32)CC1. The van der Waals surface area contributed by atoms with E-state index in [1.807, 2.05) is 6.92 Å². The number of benzene rings is 1. The topological polar surface area (TPSA) is 26.7 Å². The van der Waals surface area contributed by atoms with Gasteiger partial charge >= 0.3 is 0 Å². The number of anilines is 1. The molecule has 0 saturated carbocycles. The molecule has 0 aliphatic carbocycles. The van der Waals surface area contributed by atoms with Crippen LogP contribution in [-0.4, -0.2) is 48.8 Å². The highest BCUT2D eigenvalue weighted by molar-refractivity contribution is 5.55. The average molecular weight is 288 g/mol. The first-order valence-corrected chi connectivity index (χ1v) is 8.47. The number of aryl methyl sites for hydroxylation is 1. The van der Waals surface area contributed by atoms with Crippen LogP contribution in [0.15, 0.2) is 24.3 Å². The Hall–Kier alpha value is -1.06. The number of aliphatic hydroxyl groups excluding tert-OH is 1. The van der Waals surface area contributed by atoms with Gasteiger partial charge in [-0.25, -0.2) is 0 Å². The summed E-state index contributed by atoms with van der Waals surface area (Å²) in [4.78, 5) is 5.12. The predicted molar refractivity (Wildman–Crippen MR) is 87.8 cm³/mol. The lowest BCUT2D eigenvalue weighted by Gasteiger charge is -2.36. The van der Waals surface area contributed by atoms with Crippen molar-refractivity contribution >= 4 is 5.69 Å². The molecule has 1 atom stereocenters. The highest BCUT2D eigenvalue weighted by Gasteiger charge is 2.23. The highest BCUT2D eigenvalue weighted by Crippen LogP contribution is 2.26. The molecule has 116 valence electrons. The first-order chi connectivity index (χ1) is 10.2. The van der Waals surface area contributed by atoms with Gasteiger partial charge < -0.3 is 14.9 Å². The molecular weight excluding hydrogens is 260 g/mol. The van der Waals surface area contributed by atoms with Crippen LogP contribution in [0.5, 0.6) is 0 Å². The van der Waals surface area contributed by atoms with Crippen LogP contribution < -0.4 is 4.90 Å². The first-order valence-electron chi connectivity index (χ1n) is 8.47. The van der Waals surface area contributed by atoms with Gasteiger partial charge in [0.2, 0.25) is 0 Å². The molecular formula is C18H28N2O. The maximum Gasteiger partial charge on any atom is 0.0541 e. The molecule has 2 aliphatic rings. The summed E-state index contributed by atoms with van der Waals surface area (Å²) < 4.78 is 0. The lowest BCUT2D eigenvalue weighted by molar-refractivity contribution is 0.0727. The Morgan fingerprint density at radius 1 is 1.14 bits per heavy atom. The van der Waals surface area contributed by atoms with Crippen molar-refractivity contribution in [3.63, 3.8) is 0 Å². The van der Waals surface area contributed by atoms with Crippen molar-refractivity contribution < 1.29 is 5.11 Å². The summed E-state index contributed by atoms with van der Waals surface area (Å²) in [5.74, 6) is 0.511. The van der Waals surface area contributed by atoms with E-state index in [4.69, 9.17) is 0 Å². The van der Waals surface area contributed by atoms with E-state index in [9.17, 15) is 5.11 Å². The van der Waals surface area contributed by atoms with Gasteiger partial charge in [0.1, 0.15) is 0 Å². The van der Waals surface area contributed by atoms with Crippen molar-refractivity contribution in [3.8, 4) is 0 Å². The Kier molecular flexibility index (Phi) is 4.81. The van der Waals surface area contributed by atoms with Crippen LogP contribution in [0.2, 0.25) is 0 Å². The Bertz CT molecular complexity index is 452. The minimum Gasteiger partial charge on any atom is -0.393 e. The van der Waals surface area contributed by atoms with E-state index >= 15 is 0 Å². The molecule has 21 heavy (non-hydrogen) atoms. The molecule has 0 amide bonds. The van der Waals surface area contributed by atoms with E-state index < -0.39 is 0 Å². The predicted octanol–water partition coefficient (Wildman–Crippen LogP) is 2.53. The summed E-state index contributed by atoms with van der Waals surface area (Å²) in [5.41, 5.74) is 2.96. The second-order valence-corrected chi connectivity index (χ2v) is 6.64. The molecule has 1 aromatic carbocycles. The van der Waals surface area contributed by atoms with Gasteiger partial charge in [0.25, 0.3) is 0 Å². The van der Waals surface area contributed by atoms with Gasteiger partial charge in [-0.05, 0) is 63.2 Å². The zero-order chi connectivity index (χ0) is 14.7. The van der Waals surface area contributed by atoms with Gasteiger partial charge in [-0.1, -0.05) is 18.2 Å². The third-order valence-corrected chi connectivity index (χ3v) is 5.21. The van der Waals surface area contributed by atoms with E-state index in [1.54, 1.807) is 0 Å². The lowest BCUT2D eigenvalue weighted by atomic mass is 9.92. The van der Waals surface area contributed by atoms with Gasteiger partial charge in [0.15, 0.2) is 0 Å². The van der Waals surface area contributed by atoms with E-state index in [0.717, 1.165) is 39.0 Å². The maximum atomic E-state index is 9.68. The van der Waals surface area contributed by atoms with E-state index in [0.29, 0.717) is 5.92 Å². The Balaban J connectivity index is 1.51. The van der Waals surface area contributed by atoms with Crippen molar-refractivity contribution in [1.82, 2.24) is 4.90 Å². The van der Waals surface area contributed by atoms with Gasteiger partial charge in [-0.2, -0.15) is 0 Å². The number of para-hydroxylation sites is 1. The van der Waals surface area contributed by atoms with Gasteiger partial charge in [-0.3, -0.25) is 0 Å². The second-order valence-electron chi connectivity index (χ2n) is 6.64. The number of hydrogen-bond donors (Lipinski definition) is 1. The monoisotopic (exact) mass is 288 g/mol. The molecule has 0 spiro atoms. The summed E-state index contributed by atoms with van der Waals surface area (Å²) in [6.07, 6.45) is 4.66. The molecule has 3 nitrogen and oxygen atoms in total. The van der Waals surface area contributed by atoms with Crippen LogP contribution in [0.4, 0.5) is 5.69 Å². The minimum atomic E-state index is -0.138. The standard InChI is InChI=1S/C18H28N2O/c1-15(21)16-8-11-19(12-9-16)13-14-20-10-4-6-17-5-2-3-7-18(17)20/h2-3,5,7,15-16,21H,4,6,8-14H2,1H3. The summed E-state index contributed by atoms with van der Waals surface area (Å²) >= 11 is 0. The van der Waals surface area contributed by atoms with E-state index in [2.05, 4.69) is 34.1 Å². The molecule has 1 fully saturated rings. The van der Waals surface area contributed by atoms with Gasteiger partial charge in [0, 0.05) is 25.3 Å². The van der Waals surface area contributed by atoms with Crippen molar-refractivity contribution in [2.24, 2.45) is 5.92 Å². The number of nitrogens with zero attached hydrogens (tertiary/aromatic N) is 2. The van der Waals surface area contributed by atoms with Crippen LogP contribution in [0.1, 0.15) is 31.7 Å². The molecule has 1 aromatic rings. The van der Waals surface area contributed by atoms with Crippen molar-refractivity contribution in [2.75, 3.05) is 37.6 Å². The molecule has 3 rings (SSSR count). The molecule has 1 unspecified atom stereocenters. The molecule has 2 aliphatic heterocycles. The van der Waals surface area contributed by atoms with Crippen LogP contribution >= 0.6 is 0 Å². The number of piperidine rings is 1. The molecule has 0 radical (unpaired) electrons. The van der Waals surface area contributed by atoms with Gasteiger partial charge in [0.05, 0.1) is 6.10 Å². The zero-order valence-electron chi connectivity index (χ0n) is 13.2. The van der Waals surface area contributed by atoms with E-state index in [1.165, 1.54) is 30.6 Å². The lowest BCUT2D eigenvalue weighted by Crippen LogP contribution is -2.42. The van der Waals surface area contributed by atoms with Crippen LogP contribution in [-0.2, 0) is 6.42 Å². The third kappa shape index (κ3) is 3.58. The Morgan fingerprint density at radius 2 is 1.90 bits per heavy atom. The van der Waals surface area contributed by atoms with Crippen LogP contribution in [0.25, 0.3) is 0 Å². The number of likely N-dealkylation sites (tertiary alicyclic amines) is 1. The van der Waals surface area contributed by atoms with Crippen LogP contribution in [0.3, 0.4) is 0 Å². The summed E-state index contributed by atoms with van der Waals surface area (Å²) in [6.45, 7) is 7.71. The van der Waals surface area contributed by atoms with Crippen molar-refractivity contribution in [1.29, 1.82) is 0 Å². The number of rotatable bonds is 4. The normalized spacial score (nSPS) is 22.1. The average Bonchev–Trinajstić information content (AvgIpc) is 2.53. The molecule has 0 aromatic heterocycles. The minimum absolute atomic E-state index is 0.138. The van der Waals surface area contributed by atoms with Crippen LogP contribution in [0, 0.1) is 5.92 Å². The fourth-order valence-corrected chi connectivity index (χ4v) is 3.76. The summed E-state index contributed by atoms with van der Waals surface area (Å²) in [5, 5.41) is 9.68. The molecule has 3 heteroatoms. The highest BCUT2D eigenvalue weighted by atomic mass is 16.3. The molecule has 1 N–H and O–H groups in total. The van der Waals surface area contributed by atoms with Gasteiger partial charge in [-0.15, -0.1) is 0 Å². The number of aliphatic hydroxyl groups is 1. The van der Waals surface area contributed by atoms with Crippen molar-refractivity contribution in [3.05, 3.63) is 29.8 Å². The van der Waals surface area contributed by atoms with E-state index in [-0.39, 0.29) is 6.10 Å². The summed E-state index contributed by atoms with van der Waals surface area (Å²) in [6, 6.07) is 8.86. The number of fused-ring (bicyclic) bond motifs is 1. The third-order valence-electron chi connectivity index (χ3n) is 5.21.